The van der Waals surface area contributed by atoms with Gasteiger partial charge in [0.25, 0.3) is 15.9 Å². The minimum atomic E-state index is -3.77. The number of nitrogens with one attached hydrogen (secondary N) is 1. The molecule has 7 nitrogen and oxygen atoms in total. The van der Waals surface area contributed by atoms with Crippen molar-refractivity contribution in [3.8, 4) is 0 Å². The number of anilines is 1. The molecule has 27 heavy (non-hydrogen) atoms. The second-order valence-electron chi connectivity index (χ2n) is 6.35. The zero-order chi connectivity index (χ0) is 19.4. The van der Waals surface area contributed by atoms with Crippen LogP contribution in [0.5, 0.6) is 0 Å². The Morgan fingerprint density at radius 2 is 1.78 bits per heavy atom. The lowest BCUT2D eigenvalue weighted by Crippen LogP contribution is -2.48. The second-order valence-corrected chi connectivity index (χ2v) is 8.03. The van der Waals surface area contributed by atoms with Crippen LogP contribution in [0.2, 0.25) is 0 Å². The molecule has 1 aliphatic heterocycles. The van der Waals surface area contributed by atoms with Crippen molar-refractivity contribution in [2.45, 2.75) is 30.2 Å². The van der Waals surface area contributed by atoms with E-state index in [0.29, 0.717) is 13.0 Å². The van der Waals surface area contributed by atoms with Crippen molar-refractivity contribution in [1.29, 1.82) is 0 Å². The normalized spacial score (nSPS) is 17.3. The number of nitrogens with zero attached hydrogens (tertiary/aromatic N) is 1. The van der Waals surface area contributed by atoms with Crippen molar-refractivity contribution < 1.29 is 23.1 Å². The van der Waals surface area contributed by atoms with Crippen LogP contribution in [-0.2, 0) is 14.8 Å². The molecule has 3 rings (SSSR count). The third kappa shape index (κ3) is 4.28. The first-order valence-corrected chi connectivity index (χ1v) is 10.1. The Hall–Kier alpha value is -2.87. The van der Waals surface area contributed by atoms with Gasteiger partial charge in [-0.25, -0.2) is 13.2 Å². The van der Waals surface area contributed by atoms with Crippen LogP contribution in [0.15, 0.2) is 59.5 Å². The second kappa shape index (κ2) is 7.79. The minimum absolute atomic E-state index is 0.115. The van der Waals surface area contributed by atoms with Crippen LogP contribution >= 0.6 is 0 Å². The maximum Gasteiger partial charge on any atom is 0.326 e. The molecule has 1 fully saturated rings. The largest absolute Gasteiger partial charge is 0.480 e. The maximum absolute atomic E-state index is 12.8. The number of carboxylic acid groups (broad SMARTS) is 1. The summed E-state index contributed by atoms with van der Waals surface area (Å²) in [5.74, 6) is -1.44. The van der Waals surface area contributed by atoms with Crippen LogP contribution in [0.3, 0.4) is 0 Å². The Kier molecular flexibility index (Phi) is 5.46. The molecule has 2 aromatic rings. The predicted molar refractivity (Wildman–Crippen MR) is 100 cm³/mol. The first kappa shape index (κ1) is 18.9. The summed E-state index contributed by atoms with van der Waals surface area (Å²) >= 11 is 0. The molecular weight excluding hydrogens is 368 g/mol. The number of carbonyl (C=O) groups is 2. The lowest BCUT2D eigenvalue weighted by atomic mass is 10.0. The lowest BCUT2D eigenvalue weighted by molar-refractivity contribution is -0.143. The van der Waals surface area contributed by atoms with Gasteiger partial charge in [0.1, 0.15) is 6.04 Å². The number of likely N-dealkylation sites (tertiary alicyclic amines) is 1. The standard InChI is InChI=1S/C19H20N2O5S/c22-18(21-12-5-4-11-17(21)19(23)24)14-7-6-8-15(13-14)20-27(25,26)16-9-2-1-3-10-16/h1-3,6-10,13,17,20H,4-5,11-12H2,(H,23,24)/t17-/m1/s1. The number of carbonyl (C=O) groups excluding carboxylic acids is 1. The summed E-state index contributed by atoms with van der Waals surface area (Å²) in [5, 5.41) is 9.35. The van der Waals surface area contributed by atoms with Crippen LogP contribution < -0.4 is 4.72 Å². The Bertz CT molecular complexity index is 944. The highest BCUT2D eigenvalue weighted by molar-refractivity contribution is 7.92. The topological polar surface area (TPSA) is 104 Å². The fourth-order valence-corrected chi connectivity index (χ4v) is 4.20. The number of aliphatic carboxylic acids is 1. The fraction of sp³-hybridized carbons (Fsp3) is 0.263. The summed E-state index contributed by atoms with van der Waals surface area (Å²) in [6.45, 7) is 0.371. The van der Waals surface area contributed by atoms with E-state index >= 15 is 0 Å². The number of carboxylic acids is 1. The third-order valence-corrected chi connectivity index (χ3v) is 5.86. The lowest BCUT2D eigenvalue weighted by Gasteiger charge is -2.33. The van der Waals surface area contributed by atoms with Crippen molar-refractivity contribution >= 4 is 27.6 Å². The fourth-order valence-electron chi connectivity index (χ4n) is 3.13. The number of piperidine rings is 1. The molecule has 0 unspecified atom stereocenters. The van der Waals surface area contributed by atoms with Crippen LogP contribution in [0.1, 0.15) is 29.6 Å². The first-order chi connectivity index (χ1) is 12.9. The zero-order valence-electron chi connectivity index (χ0n) is 14.5. The Morgan fingerprint density at radius 3 is 2.48 bits per heavy atom. The van der Waals surface area contributed by atoms with E-state index < -0.39 is 27.9 Å². The van der Waals surface area contributed by atoms with Gasteiger partial charge in [0.2, 0.25) is 0 Å². The molecule has 0 bridgehead atoms. The summed E-state index contributed by atoms with van der Waals surface area (Å²) < 4.78 is 27.3. The van der Waals surface area contributed by atoms with Gasteiger partial charge in [-0.2, -0.15) is 0 Å². The molecule has 0 spiro atoms. The monoisotopic (exact) mass is 388 g/mol. The van der Waals surface area contributed by atoms with Crippen LogP contribution in [0.4, 0.5) is 5.69 Å². The summed E-state index contributed by atoms with van der Waals surface area (Å²) in [7, 11) is -3.77. The van der Waals surface area contributed by atoms with E-state index in [1.165, 1.54) is 23.1 Å². The summed E-state index contributed by atoms with van der Waals surface area (Å²) in [6, 6.07) is 13.1. The minimum Gasteiger partial charge on any atom is -0.480 e. The molecule has 0 saturated carbocycles. The summed E-state index contributed by atoms with van der Waals surface area (Å²) in [5.41, 5.74) is 0.491. The van der Waals surface area contributed by atoms with Gasteiger partial charge in [0.05, 0.1) is 4.90 Å². The van der Waals surface area contributed by atoms with E-state index in [4.69, 9.17) is 0 Å². The molecule has 8 heteroatoms. The SMILES string of the molecule is O=C(O)[C@H]1CCCCN1C(=O)c1cccc(NS(=O)(=O)c2ccccc2)c1. The van der Waals surface area contributed by atoms with Crippen molar-refractivity contribution in [3.63, 3.8) is 0 Å². The van der Waals surface area contributed by atoms with E-state index in [1.807, 2.05) is 0 Å². The molecule has 1 saturated heterocycles. The Labute approximate surface area is 157 Å². The van der Waals surface area contributed by atoms with Gasteiger partial charge < -0.3 is 10.0 Å². The smallest absolute Gasteiger partial charge is 0.326 e. The molecule has 0 radical (unpaired) electrons. The quantitative estimate of drug-likeness (QED) is 0.819. The molecular formula is C19H20N2O5S. The Balaban J connectivity index is 1.83. The van der Waals surface area contributed by atoms with Gasteiger partial charge in [-0.3, -0.25) is 9.52 Å². The van der Waals surface area contributed by atoms with E-state index in [2.05, 4.69) is 4.72 Å². The van der Waals surface area contributed by atoms with Crippen molar-refractivity contribution in [2.24, 2.45) is 0 Å². The molecule has 1 aliphatic rings. The van der Waals surface area contributed by atoms with Gasteiger partial charge in [0, 0.05) is 17.8 Å². The molecule has 2 aromatic carbocycles. The summed E-state index contributed by atoms with van der Waals surface area (Å²) in [4.78, 5) is 25.7. The zero-order valence-corrected chi connectivity index (χ0v) is 15.4. The third-order valence-electron chi connectivity index (χ3n) is 4.46. The van der Waals surface area contributed by atoms with Gasteiger partial charge in [-0.05, 0) is 49.6 Å². The van der Waals surface area contributed by atoms with E-state index in [9.17, 15) is 23.1 Å². The molecule has 2 N–H and O–H groups in total. The van der Waals surface area contributed by atoms with Crippen LogP contribution in [0.25, 0.3) is 0 Å². The van der Waals surface area contributed by atoms with Crippen molar-refractivity contribution in [3.05, 3.63) is 60.2 Å². The van der Waals surface area contributed by atoms with E-state index in [0.717, 1.165) is 12.8 Å². The number of hydrogen-bond acceptors (Lipinski definition) is 4. The predicted octanol–water partition coefficient (Wildman–Crippen LogP) is 2.57. The highest BCUT2D eigenvalue weighted by atomic mass is 32.2. The van der Waals surface area contributed by atoms with Crippen molar-refractivity contribution in [1.82, 2.24) is 4.90 Å². The molecule has 0 aromatic heterocycles. The van der Waals surface area contributed by atoms with Gasteiger partial charge in [-0.15, -0.1) is 0 Å². The number of benzene rings is 2. The van der Waals surface area contributed by atoms with Gasteiger partial charge >= 0.3 is 5.97 Å². The average molecular weight is 388 g/mol. The van der Waals surface area contributed by atoms with Gasteiger partial charge in [-0.1, -0.05) is 24.3 Å². The van der Waals surface area contributed by atoms with Crippen LogP contribution in [-0.4, -0.2) is 42.9 Å². The van der Waals surface area contributed by atoms with Gasteiger partial charge in [0.15, 0.2) is 0 Å². The number of amides is 1. The number of sulfonamides is 1. The summed E-state index contributed by atoms with van der Waals surface area (Å²) in [6.07, 6.45) is 1.93. The highest BCUT2D eigenvalue weighted by Gasteiger charge is 2.32. The van der Waals surface area contributed by atoms with Crippen molar-refractivity contribution in [2.75, 3.05) is 11.3 Å². The number of hydrogen-bond donors (Lipinski definition) is 2. The molecule has 0 aliphatic carbocycles. The molecule has 142 valence electrons. The molecule has 1 atom stereocenters. The highest BCUT2D eigenvalue weighted by Crippen LogP contribution is 2.22. The van der Waals surface area contributed by atoms with E-state index in [-0.39, 0.29) is 16.1 Å². The maximum atomic E-state index is 12.8. The average Bonchev–Trinajstić information content (AvgIpc) is 2.68. The molecule has 1 amide bonds. The van der Waals surface area contributed by atoms with Crippen LogP contribution in [0, 0.1) is 0 Å². The van der Waals surface area contributed by atoms with E-state index in [1.54, 1.807) is 36.4 Å². The first-order valence-electron chi connectivity index (χ1n) is 8.60. The Morgan fingerprint density at radius 1 is 1.04 bits per heavy atom. The number of rotatable bonds is 5. The molecule has 1 heterocycles.